The van der Waals surface area contributed by atoms with Crippen molar-refractivity contribution in [1.82, 2.24) is 9.88 Å². The van der Waals surface area contributed by atoms with Crippen molar-refractivity contribution < 1.29 is 13.9 Å². The first kappa shape index (κ1) is 19.0. The smallest absolute Gasteiger partial charge is 0.410 e. The van der Waals surface area contributed by atoms with E-state index in [4.69, 9.17) is 16.3 Å². The van der Waals surface area contributed by atoms with Crippen LogP contribution >= 0.6 is 11.6 Å². The van der Waals surface area contributed by atoms with Crippen molar-refractivity contribution in [3.8, 4) is 0 Å². The SMILES string of the molecule is C[C@H]1CN(c2ncc(Cl)cc2N2CC(F)C2)CCN1C(=O)OC(C)(C)C. The normalized spacial score (nSPS) is 21.6. The van der Waals surface area contributed by atoms with Gasteiger partial charge in [-0.15, -0.1) is 0 Å². The molecular formula is C18H26ClFN4O2. The molecule has 0 radical (unpaired) electrons. The Bertz CT molecular complexity index is 676. The number of alkyl halides is 1. The first-order valence-corrected chi connectivity index (χ1v) is 9.31. The lowest BCUT2D eigenvalue weighted by Crippen LogP contribution is -2.56. The second-order valence-electron chi connectivity index (χ2n) is 7.97. The molecule has 2 fully saturated rings. The molecule has 0 bridgehead atoms. The number of carbonyl (C=O) groups is 1. The Labute approximate surface area is 158 Å². The van der Waals surface area contributed by atoms with Crippen molar-refractivity contribution in [3.63, 3.8) is 0 Å². The minimum Gasteiger partial charge on any atom is -0.444 e. The number of carbonyl (C=O) groups excluding carboxylic acids is 1. The fraction of sp³-hybridized carbons (Fsp3) is 0.667. The van der Waals surface area contributed by atoms with E-state index in [9.17, 15) is 9.18 Å². The summed E-state index contributed by atoms with van der Waals surface area (Å²) in [6, 6.07) is 1.81. The Morgan fingerprint density at radius 2 is 1.96 bits per heavy atom. The average molecular weight is 385 g/mol. The van der Waals surface area contributed by atoms with Crippen LogP contribution in [0.1, 0.15) is 27.7 Å². The van der Waals surface area contributed by atoms with Gasteiger partial charge < -0.3 is 19.4 Å². The Kier molecular flexibility index (Phi) is 5.19. The summed E-state index contributed by atoms with van der Waals surface area (Å²) in [6.07, 6.45) is 0.514. The number of ether oxygens (including phenoxy) is 1. The predicted molar refractivity (Wildman–Crippen MR) is 101 cm³/mol. The van der Waals surface area contributed by atoms with Crippen molar-refractivity contribution >= 4 is 29.2 Å². The largest absolute Gasteiger partial charge is 0.444 e. The number of rotatable bonds is 2. The topological polar surface area (TPSA) is 48.9 Å². The zero-order chi connectivity index (χ0) is 19.1. The summed E-state index contributed by atoms with van der Waals surface area (Å²) >= 11 is 6.10. The van der Waals surface area contributed by atoms with Gasteiger partial charge in [-0.2, -0.15) is 0 Å². The highest BCUT2D eigenvalue weighted by Gasteiger charge is 2.34. The molecule has 144 valence electrons. The molecule has 3 heterocycles. The number of pyridine rings is 1. The summed E-state index contributed by atoms with van der Waals surface area (Å²) in [5.41, 5.74) is 0.337. The highest BCUT2D eigenvalue weighted by Crippen LogP contribution is 2.34. The average Bonchev–Trinajstić information content (AvgIpc) is 2.50. The summed E-state index contributed by atoms with van der Waals surface area (Å²) in [5, 5.41) is 0.534. The zero-order valence-electron chi connectivity index (χ0n) is 15.7. The van der Waals surface area contributed by atoms with Gasteiger partial charge in [-0.05, 0) is 33.8 Å². The van der Waals surface area contributed by atoms with Crippen molar-refractivity contribution in [3.05, 3.63) is 17.3 Å². The minimum atomic E-state index is -0.801. The lowest BCUT2D eigenvalue weighted by Gasteiger charge is -2.43. The second kappa shape index (κ2) is 7.10. The van der Waals surface area contributed by atoms with Gasteiger partial charge in [0.15, 0.2) is 5.82 Å². The van der Waals surface area contributed by atoms with E-state index in [2.05, 4.69) is 9.88 Å². The third kappa shape index (κ3) is 4.14. The molecular weight excluding hydrogens is 359 g/mol. The Hall–Kier alpha value is -1.76. The molecule has 1 atom stereocenters. The third-order valence-electron chi connectivity index (χ3n) is 4.55. The fourth-order valence-electron chi connectivity index (χ4n) is 3.26. The van der Waals surface area contributed by atoms with E-state index >= 15 is 0 Å². The van der Waals surface area contributed by atoms with Gasteiger partial charge in [0.1, 0.15) is 11.8 Å². The summed E-state index contributed by atoms with van der Waals surface area (Å²) < 4.78 is 18.8. The number of piperazine rings is 1. The molecule has 0 aliphatic carbocycles. The molecule has 3 rings (SSSR count). The van der Waals surface area contributed by atoms with Crippen LogP contribution in [-0.2, 0) is 4.74 Å². The van der Waals surface area contributed by atoms with Gasteiger partial charge in [-0.25, -0.2) is 14.2 Å². The molecule has 2 aliphatic heterocycles. The van der Waals surface area contributed by atoms with Gasteiger partial charge in [0.25, 0.3) is 0 Å². The highest BCUT2D eigenvalue weighted by atomic mass is 35.5. The van der Waals surface area contributed by atoms with E-state index in [0.29, 0.717) is 37.7 Å². The highest BCUT2D eigenvalue weighted by molar-refractivity contribution is 6.30. The molecule has 6 nitrogen and oxygen atoms in total. The Morgan fingerprint density at radius 1 is 1.27 bits per heavy atom. The standard InChI is InChI=1S/C18H26ClFN4O2/c1-12-9-22(5-6-24(12)17(25)26-18(2,3)4)16-15(7-13(19)8-21-16)23-10-14(20)11-23/h7-8,12,14H,5-6,9-11H2,1-4H3/t12-/m0/s1. The van der Waals surface area contributed by atoms with Crippen LogP contribution in [0.2, 0.25) is 5.02 Å². The molecule has 0 N–H and O–H groups in total. The quantitative estimate of drug-likeness (QED) is 0.782. The summed E-state index contributed by atoms with van der Waals surface area (Å²) in [5.74, 6) is 0.789. The van der Waals surface area contributed by atoms with Crippen LogP contribution in [0.3, 0.4) is 0 Å². The van der Waals surface area contributed by atoms with Crippen molar-refractivity contribution in [2.24, 2.45) is 0 Å². The second-order valence-corrected chi connectivity index (χ2v) is 8.40. The van der Waals surface area contributed by atoms with Crippen LogP contribution < -0.4 is 9.80 Å². The van der Waals surface area contributed by atoms with E-state index in [-0.39, 0.29) is 12.1 Å². The predicted octanol–water partition coefficient (Wildman–Crippen LogP) is 3.34. The lowest BCUT2D eigenvalue weighted by atomic mass is 10.1. The van der Waals surface area contributed by atoms with E-state index in [0.717, 1.165) is 11.5 Å². The molecule has 1 aromatic heterocycles. The summed E-state index contributed by atoms with van der Waals surface area (Å²) in [7, 11) is 0. The van der Waals surface area contributed by atoms with E-state index in [1.165, 1.54) is 0 Å². The molecule has 0 spiro atoms. The molecule has 2 aliphatic rings. The third-order valence-corrected chi connectivity index (χ3v) is 4.75. The molecule has 2 saturated heterocycles. The van der Waals surface area contributed by atoms with Gasteiger partial charge in [0.2, 0.25) is 0 Å². The molecule has 0 saturated carbocycles. The van der Waals surface area contributed by atoms with E-state index in [1.807, 2.05) is 38.7 Å². The van der Waals surface area contributed by atoms with Crippen LogP contribution in [0.4, 0.5) is 20.7 Å². The first-order chi connectivity index (χ1) is 12.1. The maximum Gasteiger partial charge on any atom is 0.410 e. The van der Waals surface area contributed by atoms with Gasteiger partial charge in [-0.1, -0.05) is 11.6 Å². The number of amides is 1. The molecule has 8 heteroatoms. The monoisotopic (exact) mass is 384 g/mol. The Morgan fingerprint density at radius 3 is 2.54 bits per heavy atom. The van der Waals surface area contributed by atoms with Gasteiger partial charge in [-0.3, -0.25) is 0 Å². The van der Waals surface area contributed by atoms with Crippen LogP contribution in [0, 0.1) is 0 Å². The van der Waals surface area contributed by atoms with Crippen LogP contribution in [-0.4, -0.2) is 66.5 Å². The zero-order valence-corrected chi connectivity index (χ0v) is 16.5. The fourth-order valence-corrected chi connectivity index (χ4v) is 3.41. The number of anilines is 2. The van der Waals surface area contributed by atoms with Crippen LogP contribution in [0.25, 0.3) is 0 Å². The number of hydrogen-bond donors (Lipinski definition) is 0. The maximum absolute atomic E-state index is 13.3. The van der Waals surface area contributed by atoms with Crippen LogP contribution in [0.15, 0.2) is 12.3 Å². The van der Waals surface area contributed by atoms with Gasteiger partial charge in [0, 0.05) is 31.9 Å². The van der Waals surface area contributed by atoms with E-state index in [1.54, 1.807) is 11.1 Å². The Balaban J connectivity index is 1.72. The number of halogens is 2. The van der Waals surface area contributed by atoms with Gasteiger partial charge in [0.05, 0.1) is 23.8 Å². The lowest BCUT2D eigenvalue weighted by molar-refractivity contribution is 0.0158. The van der Waals surface area contributed by atoms with Crippen molar-refractivity contribution in [1.29, 1.82) is 0 Å². The van der Waals surface area contributed by atoms with E-state index < -0.39 is 11.8 Å². The molecule has 0 aromatic carbocycles. The molecule has 0 unspecified atom stereocenters. The number of hydrogen-bond acceptors (Lipinski definition) is 5. The maximum atomic E-state index is 13.3. The van der Waals surface area contributed by atoms with Crippen molar-refractivity contribution in [2.75, 3.05) is 42.5 Å². The summed E-state index contributed by atoms with van der Waals surface area (Å²) in [4.78, 5) is 22.7. The van der Waals surface area contributed by atoms with Gasteiger partial charge >= 0.3 is 6.09 Å². The molecule has 26 heavy (non-hydrogen) atoms. The first-order valence-electron chi connectivity index (χ1n) is 8.93. The van der Waals surface area contributed by atoms with Crippen LogP contribution in [0.5, 0.6) is 0 Å². The molecule has 1 amide bonds. The minimum absolute atomic E-state index is 0.0192. The molecule has 1 aromatic rings. The van der Waals surface area contributed by atoms with Crippen molar-refractivity contribution in [2.45, 2.75) is 45.5 Å². The number of nitrogens with zero attached hydrogens (tertiary/aromatic N) is 4. The number of aromatic nitrogens is 1. The summed E-state index contributed by atoms with van der Waals surface area (Å²) in [6.45, 7) is 10.1.